The second-order valence-electron chi connectivity index (χ2n) is 17.0. The maximum atomic E-state index is 12.7. The van der Waals surface area contributed by atoms with E-state index >= 15 is 0 Å². The molecule has 0 N–H and O–H groups in total. The molecule has 0 aliphatic rings. The van der Waals surface area contributed by atoms with Crippen molar-refractivity contribution in [3.8, 4) is 0 Å². The highest BCUT2D eigenvalue weighted by Gasteiger charge is 2.19. The first-order valence-electron chi connectivity index (χ1n) is 23.2. The van der Waals surface area contributed by atoms with Crippen molar-refractivity contribution in [2.24, 2.45) is 11.8 Å². The van der Waals surface area contributed by atoms with E-state index in [1.54, 1.807) is 0 Å². The van der Waals surface area contributed by atoms with Gasteiger partial charge in [-0.3, -0.25) is 14.4 Å². The van der Waals surface area contributed by atoms with Crippen molar-refractivity contribution < 1.29 is 28.6 Å². The summed E-state index contributed by atoms with van der Waals surface area (Å²) in [5.41, 5.74) is 0. The molecule has 0 saturated heterocycles. The van der Waals surface area contributed by atoms with E-state index in [2.05, 4.69) is 34.6 Å². The molecule has 0 fully saturated rings. The molecular formula is C47H90O6. The predicted octanol–water partition coefficient (Wildman–Crippen LogP) is 14.6. The smallest absolute Gasteiger partial charge is 0.306 e. The van der Waals surface area contributed by atoms with E-state index in [0.717, 1.165) is 69.6 Å². The molecule has 1 atom stereocenters. The first-order valence-corrected chi connectivity index (χ1v) is 23.2. The number of carbonyl (C=O) groups excluding carboxylic acids is 3. The second kappa shape index (κ2) is 40.1. The van der Waals surface area contributed by atoms with Crippen LogP contribution in [0.3, 0.4) is 0 Å². The van der Waals surface area contributed by atoms with Gasteiger partial charge in [-0.15, -0.1) is 0 Å². The molecule has 0 aliphatic carbocycles. The summed E-state index contributed by atoms with van der Waals surface area (Å²) < 4.78 is 16.7. The van der Waals surface area contributed by atoms with Crippen molar-refractivity contribution in [2.75, 3.05) is 13.2 Å². The monoisotopic (exact) mass is 751 g/mol. The fraction of sp³-hybridized carbons (Fsp3) is 0.936. The molecule has 53 heavy (non-hydrogen) atoms. The Balaban J connectivity index is 4.32. The maximum absolute atomic E-state index is 12.7. The van der Waals surface area contributed by atoms with Crippen LogP contribution in [0.25, 0.3) is 0 Å². The Kier molecular flexibility index (Phi) is 38.9. The minimum atomic E-state index is -0.761. The Morgan fingerprint density at radius 3 is 0.925 bits per heavy atom. The predicted molar refractivity (Wildman–Crippen MR) is 224 cm³/mol. The van der Waals surface area contributed by atoms with Gasteiger partial charge in [0.1, 0.15) is 13.2 Å². The molecule has 0 spiro atoms. The Hall–Kier alpha value is -1.59. The molecule has 6 heteroatoms. The molecule has 0 bridgehead atoms. The van der Waals surface area contributed by atoms with Crippen molar-refractivity contribution in [1.29, 1.82) is 0 Å². The zero-order chi connectivity index (χ0) is 39.0. The average molecular weight is 751 g/mol. The number of rotatable bonds is 41. The van der Waals surface area contributed by atoms with Crippen LogP contribution in [0.5, 0.6) is 0 Å². The molecule has 0 aromatic heterocycles. The minimum absolute atomic E-state index is 0.0657. The molecule has 0 radical (unpaired) electrons. The fourth-order valence-electron chi connectivity index (χ4n) is 6.93. The van der Waals surface area contributed by atoms with Crippen LogP contribution in [0.4, 0.5) is 0 Å². The van der Waals surface area contributed by atoms with Crippen LogP contribution in [-0.4, -0.2) is 37.2 Å². The molecule has 0 rings (SSSR count). The molecule has 0 amide bonds. The lowest BCUT2D eigenvalue weighted by Gasteiger charge is -2.18. The Morgan fingerprint density at radius 1 is 0.358 bits per heavy atom. The van der Waals surface area contributed by atoms with E-state index in [9.17, 15) is 14.4 Å². The molecule has 314 valence electrons. The Labute approximate surface area is 329 Å². The third-order valence-electron chi connectivity index (χ3n) is 10.5. The van der Waals surface area contributed by atoms with Gasteiger partial charge in [0, 0.05) is 19.3 Å². The lowest BCUT2D eigenvalue weighted by Crippen LogP contribution is -2.30. The summed E-state index contributed by atoms with van der Waals surface area (Å²) in [6, 6.07) is 0. The zero-order valence-electron chi connectivity index (χ0n) is 36.1. The molecule has 0 unspecified atom stereocenters. The van der Waals surface area contributed by atoms with Crippen LogP contribution < -0.4 is 0 Å². The lowest BCUT2D eigenvalue weighted by atomic mass is 10.0. The van der Waals surface area contributed by atoms with E-state index in [0.29, 0.717) is 19.3 Å². The van der Waals surface area contributed by atoms with E-state index in [1.807, 2.05) is 0 Å². The van der Waals surface area contributed by atoms with Gasteiger partial charge in [0.15, 0.2) is 6.10 Å². The van der Waals surface area contributed by atoms with Crippen LogP contribution in [0, 0.1) is 11.8 Å². The van der Waals surface area contributed by atoms with Crippen LogP contribution in [0.1, 0.15) is 253 Å². The second-order valence-corrected chi connectivity index (χ2v) is 17.0. The summed E-state index contributed by atoms with van der Waals surface area (Å²) >= 11 is 0. The number of hydrogen-bond donors (Lipinski definition) is 0. The highest BCUT2D eigenvalue weighted by Crippen LogP contribution is 2.16. The topological polar surface area (TPSA) is 78.9 Å². The third kappa shape index (κ3) is 41.4. The van der Waals surface area contributed by atoms with Crippen LogP contribution in [-0.2, 0) is 28.6 Å². The quantitative estimate of drug-likeness (QED) is 0.0352. The van der Waals surface area contributed by atoms with Gasteiger partial charge in [0.25, 0.3) is 0 Å². The first kappa shape index (κ1) is 51.4. The van der Waals surface area contributed by atoms with Gasteiger partial charge < -0.3 is 14.2 Å². The number of esters is 3. The lowest BCUT2D eigenvalue weighted by molar-refractivity contribution is -0.167. The SMILES string of the molecule is CCCCCCCCCCCCCCCCC(=O)O[C@@H](COC(=O)CCCCCCCCCCCC(C)C)COC(=O)CCCCCCCCC(C)C. The first-order chi connectivity index (χ1) is 25.7. The van der Waals surface area contributed by atoms with Crippen LogP contribution in [0.2, 0.25) is 0 Å². The van der Waals surface area contributed by atoms with Crippen molar-refractivity contribution in [3.63, 3.8) is 0 Å². The molecular weight excluding hydrogens is 661 g/mol. The summed E-state index contributed by atoms with van der Waals surface area (Å²) in [7, 11) is 0. The normalized spacial score (nSPS) is 12.1. The molecule has 0 aromatic rings. The number of ether oxygens (including phenoxy) is 3. The van der Waals surface area contributed by atoms with Crippen molar-refractivity contribution >= 4 is 17.9 Å². The number of carbonyl (C=O) groups is 3. The minimum Gasteiger partial charge on any atom is -0.462 e. The van der Waals surface area contributed by atoms with Crippen LogP contribution in [0.15, 0.2) is 0 Å². The molecule has 0 aromatic carbocycles. The van der Waals surface area contributed by atoms with E-state index < -0.39 is 6.10 Å². The largest absolute Gasteiger partial charge is 0.462 e. The van der Waals surface area contributed by atoms with Crippen LogP contribution >= 0.6 is 0 Å². The van der Waals surface area contributed by atoms with Gasteiger partial charge in [-0.25, -0.2) is 0 Å². The molecule has 0 saturated carbocycles. The summed E-state index contributed by atoms with van der Waals surface area (Å²) in [4.78, 5) is 37.7. The summed E-state index contributed by atoms with van der Waals surface area (Å²) in [6.45, 7) is 11.3. The van der Waals surface area contributed by atoms with Crippen molar-refractivity contribution in [3.05, 3.63) is 0 Å². The van der Waals surface area contributed by atoms with Gasteiger partial charge in [-0.05, 0) is 31.1 Å². The van der Waals surface area contributed by atoms with Gasteiger partial charge in [-0.1, -0.05) is 214 Å². The van der Waals surface area contributed by atoms with Crippen molar-refractivity contribution in [2.45, 2.75) is 259 Å². The van der Waals surface area contributed by atoms with Gasteiger partial charge in [-0.2, -0.15) is 0 Å². The molecule has 6 nitrogen and oxygen atoms in total. The van der Waals surface area contributed by atoms with Crippen molar-refractivity contribution in [1.82, 2.24) is 0 Å². The fourth-order valence-corrected chi connectivity index (χ4v) is 6.93. The van der Waals surface area contributed by atoms with E-state index in [1.165, 1.54) is 141 Å². The maximum Gasteiger partial charge on any atom is 0.306 e. The van der Waals surface area contributed by atoms with Gasteiger partial charge in [0.05, 0.1) is 0 Å². The van der Waals surface area contributed by atoms with Gasteiger partial charge in [0.2, 0.25) is 0 Å². The highest BCUT2D eigenvalue weighted by atomic mass is 16.6. The molecule has 0 heterocycles. The summed E-state index contributed by atoms with van der Waals surface area (Å²) in [5.74, 6) is 0.711. The Bertz CT molecular complexity index is 809. The number of unbranched alkanes of at least 4 members (excludes halogenated alkanes) is 26. The van der Waals surface area contributed by atoms with E-state index in [4.69, 9.17) is 14.2 Å². The Morgan fingerprint density at radius 2 is 0.623 bits per heavy atom. The highest BCUT2D eigenvalue weighted by molar-refractivity contribution is 5.71. The number of hydrogen-bond acceptors (Lipinski definition) is 6. The standard InChI is InChI=1S/C47H90O6/c1-6-7-8-9-10-11-12-13-14-15-18-22-29-34-39-47(50)53-44(41-52-46(49)38-33-28-24-23-26-31-36-43(4)5)40-51-45(48)37-32-27-21-19-16-17-20-25-30-35-42(2)3/h42-44H,6-41H2,1-5H3/t44-/m0/s1. The van der Waals surface area contributed by atoms with E-state index in [-0.39, 0.29) is 31.1 Å². The third-order valence-corrected chi connectivity index (χ3v) is 10.5. The molecule has 0 aliphatic heterocycles. The summed E-state index contributed by atoms with van der Waals surface area (Å²) in [6.07, 6.45) is 38.1. The summed E-state index contributed by atoms with van der Waals surface area (Å²) in [5, 5.41) is 0. The zero-order valence-corrected chi connectivity index (χ0v) is 36.1. The van der Waals surface area contributed by atoms with Gasteiger partial charge >= 0.3 is 17.9 Å². The average Bonchev–Trinajstić information content (AvgIpc) is 3.12.